The highest BCUT2D eigenvalue weighted by atomic mass is 32.2. The monoisotopic (exact) mass is 422 g/mol. The highest BCUT2D eigenvalue weighted by Crippen LogP contribution is 2.21. The molecular weight excluding hydrogens is 403 g/mol. The standard InChI is InChI=1S/C23H19FN2O3S/c1-15(27)16-4-8-19(9-5-16)25-22(28)14-30-21-12-10-20(11-13-21)26-23(29)17-2-6-18(24)7-3-17/h2-13H,14H2,1H3,(H,25,28)(H,26,29). The lowest BCUT2D eigenvalue weighted by molar-refractivity contribution is -0.113. The molecule has 0 spiro atoms. The number of anilines is 2. The summed E-state index contributed by atoms with van der Waals surface area (Å²) in [6, 6.07) is 19.1. The zero-order chi connectivity index (χ0) is 21.5. The van der Waals surface area contributed by atoms with Crippen molar-refractivity contribution in [1.29, 1.82) is 0 Å². The molecule has 3 aromatic carbocycles. The maximum atomic E-state index is 12.9. The Morgan fingerprint density at radius 3 is 1.90 bits per heavy atom. The van der Waals surface area contributed by atoms with E-state index in [1.54, 1.807) is 48.5 Å². The summed E-state index contributed by atoms with van der Waals surface area (Å²) in [5.74, 6) is -0.698. The minimum absolute atomic E-state index is 0.0271. The van der Waals surface area contributed by atoms with E-state index in [0.717, 1.165) is 4.90 Å². The highest BCUT2D eigenvalue weighted by molar-refractivity contribution is 8.00. The Balaban J connectivity index is 1.49. The number of hydrogen-bond acceptors (Lipinski definition) is 4. The molecule has 0 aromatic heterocycles. The summed E-state index contributed by atoms with van der Waals surface area (Å²) in [6.07, 6.45) is 0. The minimum Gasteiger partial charge on any atom is -0.325 e. The Morgan fingerprint density at radius 2 is 1.30 bits per heavy atom. The van der Waals surface area contributed by atoms with E-state index in [9.17, 15) is 18.8 Å². The van der Waals surface area contributed by atoms with Gasteiger partial charge in [-0.1, -0.05) is 0 Å². The normalized spacial score (nSPS) is 10.3. The Morgan fingerprint density at radius 1 is 0.767 bits per heavy atom. The second-order valence-electron chi connectivity index (χ2n) is 6.46. The third kappa shape index (κ3) is 6.02. The van der Waals surface area contributed by atoms with Gasteiger partial charge in [0.05, 0.1) is 5.75 Å². The van der Waals surface area contributed by atoms with E-state index in [1.165, 1.54) is 43.0 Å². The maximum Gasteiger partial charge on any atom is 0.255 e. The van der Waals surface area contributed by atoms with Crippen LogP contribution in [0, 0.1) is 5.82 Å². The summed E-state index contributed by atoms with van der Waals surface area (Å²) in [5.41, 5.74) is 2.19. The fourth-order valence-electron chi connectivity index (χ4n) is 2.57. The van der Waals surface area contributed by atoms with Crippen LogP contribution in [-0.4, -0.2) is 23.4 Å². The van der Waals surface area contributed by atoms with Gasteiger partial charge in [0, 0.05) is 27.4 Å². The van der Waals surface area contributed by atoms with E-state index in [2.05, 4.69) is 10.6 Å². The summed E-state index contributed by atoms with van der Waals surface area (Å²) in [7, 11) is 0. The molecule has 0 saturated heterocycles. The average Bonchev–Trinajstić information content (AvgIpc) is 2.74. The van der Waals surface area contributed by atoms with Crippen LogP contribution in [0.25, 0.3) is 0 Å². The molecule has 0 saturated carbocycles. The number of ketones is 1. The highest BCUT2D eigenvalue weighted by Gasteiger charge is 2.08. The van der Waals surface area contributed by atoms with Crippen molar-refractivity contribution in [1.82, 2.24) is 0 Å². The molecule has 30 heavy (non-hydrogen) atoms. The number of nitrogens with one attached hydrogen (secondary N) is 2. The Labute approximate surface area is 177 Å². The summed E-state index contributed by atoms with van der Waals surface area (Å²) >= 11 is 1.36. The van der Waals surface area contributed by atoms with Crippen molar-refractivity contribution in [3.8, 4) is 0 Å². The van der Waals surface area contributed by atoms with Gasteiger partial charge in [0.2, 0.25) is 5.91 Å². The number of hydrogen-bond donors (Lipinski definition) is 2. The van der Waals surface area contributed by atoms with Crippen LogP contribution in [0.3, 0.4) is 0 Å². The van der Waals surface area contributed by atoms with Gasteiger partial charge in [-0.15, -0.1) is 11.8 Å². The lowest BCUT2D eigenvalue weighted by Crippen LogP contribution is -2.14. The lowest BCUT2D eigenvalue weighted by atomic mass is 10.1. The van der Waals surface area contributed by atoms with Gasteiger partial charge >= 0.3 is 0 Å². The molecule has 0 heterocycles. The van der Waals surface area contributed by atoms with Crippen LogP contribution < -0.4 is 10.6 Å². The predicted octanol–water partition coefficient (Wildman–Crippen LogP) is 5.01. The summed E-state index contributed by atoms with van der Waals surface area (Å²) in [6.45, 7) is 1.49. The molecule has 5 nitrogen and oxygen atoms in total. The van der Waals surface area contributed by atoms with Crippen LogP contribution in [0.4, 0.5) is 15.8 Å². The fraction of sp³-hybridized carbons (Fsp3) is 0.0870. The third-order valence-corrected chi connectivity index (χ3v) is 5.18. The second-order valence-corrected chi connectivity index (χ2v) is 7.50. The first-order valence-corrected chi connectivity index (χ1v) is 10.1. The van der Waals surface area contributed by atoms with E-state index in [4.69, 9.17) is 0 Å². The van der Waals surface area contributed by atoms with Gasteiger partial charge in [0.25, 0.3) is 5.91 Å². The van der Waals surface area contributed by atoms with E-state index in [1.807, 2.05) is 0 Å². The van der Waals surface area contributed by atoms with Gasteiger partial charge in [-0.3, -0.25) is 14.4 Å². The molecule has 2 amide bonds. The molecule has 0 atom stereocenters. The number of carbonyl (C=O) groups excluding carboxylic acids is 3. The van der Waals surface area contributed by atoms with Crippen LogP contribution in [0.1, 0.15) is 27.6 Å². The molecule has 3 aromatic rings. The van der Waals surface area contributed by atoms with Crippen molar-refractivity contribution in [2.45, 2.75) is 11.8 Å². The van der Waals surface area contributed by atoms with Crippen LogP contribution in [0.15, 0.2) is 77.7 Å². The molecule has 2 N–H and O–H groups in total. The molecule has 0 radical (unpaired) electrons. The van der Waals surface area contributed by atoms with Gasteiger partial charge in [-0.2, -0.15) is 0 Å². The smallest absolute Gasteiger partial charge is 0.255 e. The SMILES string of the molecule is CC(=O)c1ccc(NC(=O)CSc2ccc(NC(=O)c3ccc(F)cc3)cc2)cc1. The fourth-order valence-corrected chi connectivity index (χ4v) is 3.27. The summed E-state index contributed by atoms with van der Waals surface area (Å²) < 4.78 is 12.9. The van der Waals surface area contributed by atoms with E-state index in [-0.39, 0.29) is 23.4 Å². The molecule has 0 aliphatic carbocycles. The molecular formula is C23H19FN2O3S. The number of thioether (sulfide) groups is 1. The number of benzene rings is 3. The van der Waals surface area contributed by atoms with Gasteiger partial charge < -0.3 is 10.6 Å². The van der Waals surface area contributed by atoms with Crippen molar-refractivity contribution >= 4 is 40.7 Å². The Kier molecular flexibility index (Phi) is 6.98. The van der Waals surface area contributed by atoms with Crippen molar-refractivity contribution in [2.75, 3.05) is 16.4 Å². The number of rotatable bonds is 7. The zero-order valence-corrected chi connectivity index (χ0v) is 17.0. The van der Waals surface area contributed by atoms with Crippen LogP contribution in [0.2, 0.25) is 0 Å². The molecule has 0 aliphatic heterocycles. The quantitative estimate of drug-likeness (QED) is 0.415. The maximum absolute atomic E-state index is 12.9. The third-order valence-electron chi connectivity index (χ3n) is 4.16. The molecule has 152 valence electrons. The Hall–Kier alpha value is -3.45. The van der Waals surface area contributed by atoms with Crippen molar-refractivity contribution < 1.29 is 18.8 Å². The van der Waals surface area contributed by atoms with E-state index in [0.29, 0.717) is 22.5 Å². The molecule has 0 aliphatic rings. The molecule has 3 rings (SSSR count). The zero-order valence-electron chi connectivity index (χ0n) is 16.1. The largest absolute Gasteiger partial charge is 0.325 e. The first-order valence-electron chi connectivity index (χ1n) is 9.11. The van der Waals surface area contributed by atoms with E-state index >= 15 is 0 Å². The van der Waals surface area contributed by atoms with Crippen LogP contribution in [0.5, 0.6) is 0 Å². The number of halogens is 1. The van der Waals surface area contributed by atoms with Crippen molar-refractivity contribution in [3.05, 3.63) is 89.7 Å². The van der Waals surface area contributed by atoms with Crippen molar-refractivity contribution in [2.24, 2.45) is 0 Å². The van der Waals surface area contributed by atoms with Crippen molar-refractivity contribution in [3.63, 3.8) is 0 Å². The van der Waals surface area contributed by atoms with E-state index < -0.39 is 5.82 Å². The second kappa shape index (κ2) is 9.84. The number of amides is 2. The van der Waals surface area contributed by atoms with Crippen LogP contribution >= 0.6 is 11.8 Å². The Bertz CT molecular complexity index is 1050. The first kappa shape index (κ1) is 21.3. The minimum atomic E-state index is -0.398. The van der Waals surface area contributed by atoms with Gasteiger partial charge in [-0.05, 0) is 79.7 Å². The topological polar surface area (TPSA) is 75.3 Å². The van der Waals surface area contributed by atoms with Gasteiger partial charge in [0.1, 0.15) is 5.82 Å². The van der Waals surface area contributed by atoms with Gasteiger partial charge in [-0.25, -0.2) is 4.39 Å². The average molecular weight is 422 g/mol. The number of Topliss-reactive ketones (excluding diaryl/α,β-unsaturated/α-hetero) is 1. The molecule has 7 heteroatoms. The molecule has 0 bridgehead atoms. The van der Waals surface area contributed by atoms with Gasteiger partial charge in [0.15, 0.2) is 5.78 Å². The molecule has 0 fully saturated rings. The predicted molar refractivity (Wildman–Crippen MR) is 117 cm³/mol. The first-order chi connectivity index (χ1) is 14.4. The summed E-state index contributed by atoms with van der Waals surface area (Å²) in [4.78, 5) is 36.4. The number of carbonyl (C=O) groups is 3. The van der Waals surface area contributed by atoms with Crippen LogP contribution in [-0.2, 0) is 4.79 Å². The lowest BCUT2D eigenvalue weighted by Gasteiger charge is -2.08. The molecule has 0 unspecified atom stereocenters. The summed E-state index contributed by atoms with van der Waals surface area (Å²) in [5, 5.41) is 5.52.